The first-order valence-corrected chi connectivity index (χ1v) is 11.5. The number of hydrogen-bond acceptors (Lipinski definition) is 5. The molecule has 0 atom stereocenters. The van der Waals surface area contributed by atoms with Crippen LogP contribution >= 0.6 is 0 Å². The van der Waals surface area contributed by atoms with Crippen molar-refractivity contribution in [2.45, 2.75) is 42.8 Å². The lowest BCUT2D eigenvalue weighted by atomic mass is 9.89. The summed E-state index contributed by atoms with van der Waals surface area (Å²) in [5, 5.41) is 5.51. The Labute approximate surface area is 170 Å². The highest BCUT2D eigenvalue weighted by molar-refractivity contribution is 7.90. The van der Waals surface area contributed by atoms with Crippen molar-refractivity contribution < 1.29 is 22.4 Å². The van der Waals surface area contributed by atoms with Gasteiger partial charge in [-0.05, 0) is 31.0 Å². The van der Waals surface area contributed by atoms with Crippen LogP contribution in [0.15, 0.2) is 52.0 Å². The molecule has 0 bridgehead atoms. The van der Waals surface area contributed by atoms with Gasteiger partial charge < -0.3 is 15.1 Å². The van der Waals surface area contributed by atoms with Crippen LogP contribution in [0.25, 0.3) is 0 Å². The van der Waals surface area contributed by atoms with Crippen LogP contribution in [0.4, 0.5) is 0 Å². The van der Waals surface area contributed by atoms with E-state index in [4.69, 9.17) is 4.42 Å². The van der Waals surface area contributed by atoms with E-state index < -0.39 is 15.7 Å². The van der Waals surface area contributed by atoms with Crippen molar-refractivity contribution in [2.75, 3.05) is 13.1 Å². The summed E-state index contributed by atoms with van der Waals surface area (Å²) < 4.78 is 30.3. The van der Waals surface area contributed by atoms with Gasteiger partial charge in [0.2, 0.25) is 5.91 Å². The maximum absolute atomic E-state index is 12.5. The fourth-order valence-corrected chi connectivity index (χ4v) is 4.89. The molecule has 0 spiro atoms. The molecule has 1 saturated carbocycles. The predicted octanol–water partition coefficient (Wildman–Crippen LogP) is 2.68. The van der Waals surface area contributed by atoms with Crippen LogP contribution in [-0.4, -0.2) is 33.3 Å². The molecule has 0 unspecified atom stereocenters. The summed E-state index contributed by atoms with van der Waals surface area (Å²) in [6.45, 7) is 0.558. The Bertz CT molecular complexity index is 931. The summed E-state index contributed by atoms with van der Waals surface area (Å²) in [6.07, 6.45) is 6.50. The SMILES string of the molecule is O=C(NCCNC(=O)C1CCCCC1)c1occc1CS(=O)(=O)c1ccccc1. The second kappa shape index (κ2) is 9.73. The molecular weight excluding hydrogens is 392 g/mol. The molecule has 29 heavy (non-hydrogen) atoms. The molecule has 156 valence electrons. The number of benzene rings is 1. The molecule has 2 aromatic rings. The maximum atomic E-state index is 12.5. The topological polar surface area (TPSA) is 105 Å². The van der Waals surface area contributed by atoms with E-state index in [0.717, 1.165) is 25.7 Å². The summed E-state index contributed by atoms with van der Waals surface area (Å²) in [6, 6.07) is 9.56. The summed E-state index contributed by atoms with van der Waals surface area (Å²) in [5.41, 5.74) is 0.303. The number of carbonyl (C=O) groups excluding carboxylic acids is 2. The highest BCUT2D eigenvalue weighted by Gasteiger charge is 2.23. The van der Waals surface area contributed by atoms with Gasteiger partial charge in [0.25, 0.3) is 5.91 Å². The van der Waals surface area contributed by atoms with Gasteiger partial charge in [-0.25, -0.2) is 8.42 Å². The molecule has 0 saturated heterocycles. The van der Waals surface area contributed by atoms with Crippen molar-refractivity contribution in [3.05, 3.63) is 54.0 Å². The third-order valence-corrected chi connectivity index (χ3v) is 6.77. The number of carbonyl (C=O) groups is 2. The van der Waals surface area contributed by atoms with Crippen LogP contribution in [0.1, 0.15) is 48.2 Å². The van der Waals surface area contributed by atoms with Gasteiger partial charge in [0.15, 0.2) is 15.6 Å². The van der Waals surface area contributed by atoms with E-state index in [1.165, 1.54) is 30.9 Å². The quantitative estimate of drug-likeness (QED) is 0.641. The van der Waals surface area contributed by atoms with Gasteiger partial charge in [0, 0.05) is 24.6 Å². The van der Waals surface area contributed by atoms with Gasteiger partial charge in [0.1, 0.15) is 0 Å². The lowest BCUT2D eigenvalue weighted by molar-refractivity contribution is -0.125. The van der Waals surface area contributed by atoms with Crippen molar-refractivity contribution in [2.24, 2.45) is 5.92 Å². The lowest BCUT2D eigenvalue weighted by Crippen LogP contribution is -2.38. The largest absolute Gasteiger partial charge is 0.459 e. The predicted molar refractivity (Wildman–Crippen MR) is 108 cm³/mol. The minimum Gasteiger partial charge on any atom is -0.459 e. The summed E-state index contributed by atoms with van der Waals surface area (Å²) >= 11 is 0. The van der Waals surface area contributed by atoms with Crippen LogP contribution in [-0.2, 0) is 20.4 Å². The van der Waals surface area contributed by atoms with Crippen LogP contribution in [0.3, 0.4) is 0 Å². The normalized spacial score (nSPS) is 15.0. The van der Waals surface area contributed by atoms with E-state index in [-0.39, 0.29) is 34.8 Å². The van der Waals surface area contributed by atoms with E-state index in [2.05, 4.69) is 10.6 Å². The molecule has 0 aliphatic heterocycles. The molecule has 1 aliphatic rings. The van der Waals surface area contributed by atoms with E-state index in [0.29, 0.717) is 12.1 Å². The van der Waals surface area contributed by atoms with E-state index in [1.54, 1.807) is 18.2 Å². The van der Waals surface area contributed by atoms with Gasteiger partial charge in [-0.2, -0.15) is 0 Å². The lowest BCUT2D eigenvalue weighted by Gasteiger charge is -2.20. The molecule has 1 heterocycles. The maximum Gasteiger partial charge on any atom is 0.287 e. The summed E-state index contributed by atoms with van der Waals surface area (Å²) in [7, 11) is -3.59. The standard InChI is InChI=1S/C21H26N2O5S/c24-20(16-7-3-1-4-8-16)22-12-13-23-21(25)19-17(11-14-28-19)15-29(26,27)18-9-5-2-6-10-18/h2,5-6,9-11,14,16H,1,3-4,7-8,12-13,15H2,(H,22,24)(H,23,25). The Kier molecular flexibility index (Phi) is 7.09. The number of nitrogens with one attached hydrogen (secondary N) is 2. The first-order valence-electron chi connectivity index (χ1n) is 9.87. The molecule has 2 amide bonds. The molecule has 7 nitrogen and oxygen atoms in total. The molecule has 2 N–H and O–H groups in total. The molecule has 1 aromatic carbocycles. The van der Waals surface area contributed by atoms with E-state index >= 15 is 0 Å². The zero-order valence-electron chi connectivity index (χ0n) is 16.2. The molecular formula is C21H26N2O5S. The summed E-state index contributed by atoms with van der Waals surface area (Å²) in [5.74, 6) is -0.747. The monoisotopic (exact) mass is 418 g/mol. The van der Waals surface area contributed by atoms with Crippen molar-refractivity contribution >= 4 is 21.7 Å². The Hall–Kier alpha value is -2.61. The minimum atomic E-state index is -3.59. The van der Waals surface area contributed by atoms with Crippen molar-refractivity contribution in [1.29, 1.82) is 0 Å². The fraction of sp³-hybridized carbons (Fsp3) is 0.429. The number of sulfone groups is 1. The highest BCUT2D eigenvalue weighted by Crippen LogP contribution is 2.23. The second-order valence-corrected chi connectivity index (χ2v) is 9.22. The first-order chi connectivity index (χ1) is 14.0. The molecule has 8 heteroatoms. The van der Waals surface area contributed by atoms with Crippen molar-refractivity contribution in [1.82, 2.24) is 10.6 Å². The third kappa shape index (κ3) is 5.69. The Balaban J connectivity index is 1.51. The smallest absolute Gasteiger partial charge is 0.287 e. The molecule has 1 aromatic heterocycles. The number of rotatable bonds is 8. The van der Waals surface area contributed by atoms with Crippen molar-refractivity contribution in [3.63, 3.8) is 0 Å². The van der Waals surface area contributed by atoms with Gasteiger partial charge in [-0.3, -0.25) is 9.59 Å². The third-order valence-electron chi connectivity index (χ3n) is 5.09. The zero-order valence-corrected chi connectivity index (χ0v) is 17.0. The first kappa shape index (κ1) is 21.1. The van der Waals surface area contributed by atoms with Crippen LogP contribution in [0.2, 0.25) is 0 Å². The van der Waals surface area contributed by atoms with Gasteiger partial charge in [0.05, 0.1) is 16.9 Å². The summed E-state index contributed by atoms with van der Waals surface area (Å²) in [4.78, 5) is 24.7. The molecule has 3 rings (SSSR count). The van der Waals surface area contributed by atoms with Gasteiger partial charge in [-0.1, -0.05) is 37.5 Å². The Morgan fingerprint density at radius 3 is 2.38 bits per heavy atom. The fourth-order valence-electron chi connectivity index (χ4n) is 3.52. The number of hydrogen-bond donors (Lipinski definition) is 2. The van der Waals surface area contributed by atoms with Crippen molar-refractivity contribution in [3.8, 4) is 0 Å². The average Bonchev–Trinajstić information content (AvgIpc) is 3.19. The molecule has 1 aliphatic carbocycles. The van der Waals surface area contributed by atoms with E-state index in [9.17, 15) is 18.0 Å². The highest BCUT2D eigenvalue weighted by atomic mass is 32.2. The minimum absolute atomic E-state index is 0.0249. The molecule has 1 fully saturated rings. The van der Waals surface area contributed by atoms with Crippen LogP contribution in [0.5, 0.6) is 0 Å². The van der Waals surface area contributed by atoms with Gasteiger partial charge in [-0.15, -0.1) is 0 Å². The number of furan rings is 1. The van der Waals surface area contributed by atoms with E-state index in [1.807, 2.05) is 0 Å². The van der Waals surface area contributed by atoms with Gasteiger partial charge >= 0.3 is 0 Å². The Morgan fingerprint density at radius 2 is 1.66 bits per heavy atom. The second-order valence-electron chi connectivity index (χ2n) is 7.23. The average molecular weight is 419 g/mol. The zero-order chi connectivity index (χ0) is 20.7. The van der Waals surface area contributed by atoms with Crippen LogP contribution in [0, 0.1) is 5.92 Å². The molecule has 0 radical (unpaired) electrons. The van der Waals surface area contributed by atoms with Crippen LogP contribution < -0.4 is 10.6 Å². The Morgan fingerprint density at radius 1 is 0.966 bits per heavy atom. The number of amides is 2.